The van der Waals surface area contributed by atoms with Gasteiger partial charge in [-0.15, -0.1) is 0 Å². The molecule has 1 aromatic carbocycles. The predicted molar refractivity (Wildman–Crippen MR) is 190 cm³/mol. The number of aliphatic hydroxyl groups excluding tert-OH is 4. The molecular weight excluding hydrogens is 716 g/mol. The first kappa shape index (κ1) is 47.3. The normalized spacial score (nSPS) is 15.5. The van der Waals surface area contributed by atoms with Gasteiger partial charge in [0, 0.05) is 13.0 Å². The van der Waals surface area contributed by atoms with Gasteiger partial charge in [-0.25, -0.2) is 0 Å². The number of nitrogens with two attached hydrogens (primary N) is 2. The molecular formula is C33H54N8O13. The number of carboxylic acids is 2. The number of amides is 5. The van der Waals surface area contributed by atoms with E-state index in [2.05, 4.69) is 31.9 Å². The molecule has 0 saturated heterocycles. The van der Waals surface area contributed by atoms with Gasteiger partial charge < -0.3 is 74.0 Å². The molecule has 1 aromatic rings. The summed E-state index contributed by atoms with van der Waals surface area (Å²) in [4.78, 5) is 87.9. The van der Waals surface area contributed by atoms with Gasteiger partial charge in [0.2, 0.25) is 29.5 Å². The maximum Gasteiger partial charge on any atom is 0.321 e. The average Bonchev–Trinajstić information content (AvgIpc) is 3.14. The highest BCUT2D eigenvalue weighted by atomic mass is 16.4. The lowest BCUT2D eigenvalue weighted by Crippen LogP contribution is -2.62. The van der Waals surface area contributed by atoms with Crippen molar-refractivity contribution in [1.29, 1.82) is 0 Å². The van der Waals surface area contributed by atoms with Gasteiger partial charge in [0.1, 0.15) is 36.3 Å². The first-order valence-corrected chi connectivity index (χ1v) is 17.3. The van der Waals surface area contributed by atoms with Crippen molar-refractivity contribution in [3.8, 4) is 0 Å². The van der Waals surface area contributed by atoms with E-state index in [0.717, 1.165) is 12.5 Å². The van der Waals surface area contributed by atoms with Crippen LogP contribution in [0.15, 0.2) is 30.3 Å². The zero-order valence-corrected chi connectivity index (χ0v) is 30.0. The first-order valence-electron chi connectivity index (χ1n) is 17.3. The molecule has 5 amide bonds. The van der Waals surface area contributed by atoms with E-state index in [1.807, 2.05) is 0 Å². The van der Waals surface area contributed by atoms with Crippen LogP contribution in [-0.2, 0) is 40.0 Å². The summed E-state index contributed by atoms with van der Waals surface area (Å²) in [5.74, 6) is -7.59. The van der Waals surface area contributed by atoms with Gasteiger partial charge in [-0.1, -0.05) is 30.3 Å². The lowest BCUT2D eigenvalue weighted by Gasteiger charge is -2.28. The summed E-state index contributed by atoms with van der Waals surface area (Å²) in [6.45, 7) is -1.19. The number of carbonyl (C=O) groups excluding carboxylic acids is 5. The van der Waals surface area contributed by atoms with E-state index >= 15 is 0 Å². The fourth-order valence-electron chi connectivity index (χ4n) is 4.89. The monoisotopic (exact) mass is 770 g/mol. The fraction of sp³-hybridized carbons (Fsp3) is 0.606. The third-order valence-corrected chi connectivity index (χ3v) is 8.03. The molecule has 0 aliphatic heterocycles. The molecule has 0 spiro atoms. The molecule has 1 rings (SSSR count). The van der Waals surface area contributed by atoms with Crippen LogP contribution in [0.25, 0.3) is 0 Å². The van der Waals surface area contributed by atoms with Crippen LogP contribution in [0.3, 0.4) is 0 Å². The van der Waals surface area contributed by atoms with Crippen LogP contribution in [0.4, 0.5) is 0 Å². The highest BCUT2D eigenvalue weighted by Gasteiger charge is 2.34. The highest BCUT2D eigenvalue weighted by Crippen LogP contribution is 2.07. The first-order chi connectivity index (χ1) is 25.6. The molecule has 54 heavy (non-hydrogen) atoms. The quantitative estimate of drug-likeness (QED) is 0.0371. The molecule has 0 aromatic heterocycles. The van der Waals surface area contributed by atoms with Crippen molar-refractivity contribution in [2.75, 3.05) is 32.9 Å². The summed E-state index contributed by atoms with van der Waals surface area (Å²) in [5.41, 5.74) is 11.8. The molecule has 0 aliphatic carbocycles. The van der Waals surface area contributed by atoms with Crippen LogP contribution in [0.2, 0.25) is 0 Å². The average molecular weight is 771 g/mol. The van der Waals surface area contributed by atoms with Crippen molar-refractivity contribution in [2.45, 2.75) is 93.8 Å². The molecule has 0 radical (unpaired) electrons. The topological polar surface area (TPSA) is 365 Å². The number of benzene rings is 1. The summed E-state index contributed by atoms with van der Waals surface area (Å²) in [6, 6.07) is -1.08. The van der Waals surface area contributed by atoms with E-state index in [1.165, 1.54) is 0 Å². The molecule has 8 unspecified atom stereocenters. The number of aliphatic hydroxyl groups is 4. The Labute approximate surface area is 311 Å². The van der Waals surface area contributed by atoms with E-state index in [-0.39, 0.29) is 25.9 Å². The second-order valence-electron chi connectivity index (χ2n) is 12.5. The zero-order chi connectivity index (χ0) is 40.8. The van der Waals surface area contributed by atoms with Gasteiger partial charge in [0.05, 0.1) is 32.0 Å². The van der Waals surface area contributed by atoms with E-state index in [1.54, 1.807) is 30.3 Å². The largest absolute Gasteiger partial charge is 0.481 e. The number of hydrogen-bond acceptors (Lipinski definition) is 14. The SMILES string of the molecule is CC(O)C(NC(=O)C(CCC(=O)O)NC(=O)C(N)CO)C(=O)NC(CO)C(=O)NC(CCCCN)C(=O)NC(CO)CNC(Cc1ccccc1)C(=O)O. The van der Waals surface area contributed by atoms with Gasteiger partial charge in [-0.05, 0) is 51.1 Å². The number of rotatable bonds is 27. The smallest absolute Gasteiger partial charge is 0.321 e. The van der Waals surface area contributed by atoms with E-state index in [9.17, 15) is 54.0 Å². The Morgan fingerprint density at radius 1 is 0.685 bits per heavy atom. The van der Waals surface area contributed by atoms with Gasteiger partial charge in [0.25, 0.3) is 0 Å². The molecule has 21 heteroatoms. The predicted octanol–water partition coefficient (Wildman–Crippen LogP) is -5.63. The number of carbonyl (C=O) groups is 7. The minimum absolute atomic E-state index is 0.0357. The Hall–Kier alpha value is -4.77. The lowest BCUT2D eigenvalue weighted by molar-refractivity contribution is -0.140. The molecule has 21 nitrogen and oxygen atoms in total. The molecule has 8 atom stereocenters. The molecule has 0 heterocycles. The molecule has 0 saturated carbocycles. The number of hydrogen-bond donors (Lipinski definition) is 14. The number of aliphatic carboxylic acids is 2. The highest BCUT2D eigenvalue weighted by molar-refractivity contribution is 5.96. The van der Waals surface area contributed by atoms with Gasteiger partial charge in [-0.2, -0.15) is 0 Å². The maximum absolute atomic E-state index is 13.3. The fourth-order valence-corrected chi connectivity index (χ4v) is 4.89. The van der Waals surface area contributed by atoms with E-state index < -0.39 is 123 Å². The van der Waals surface area contributed by atoms with Crippen LogP contribution < -0.4 is 43.4 Å². The Bertz CT molecular complexity index is 1370. The number of carboxylic acid groups (broad SMARTS) is 2. The molecule has 0 bridgehead atoms. The minimum atomic E-state index is -1.80. The Balaban J connectivity index is 3.05. The van der Waals surface area contributed by atoms with Crippen molar-refractivity contribution >= 4 is 41.5 Å². The van der Waals surface area contributed by atoms with Crippen molar-refractivity contribution in [2.24, 2.45) is 11.5 Å². The van der Waals surface area contributed by atoms with Crippen molar-refractivity contribution < 1.29 is 64.2 Å². The second kappa shape index (κ2) is 25.3. The Kier molecular flexibility index (Phi) is 22.1. The molecule has 16 N–H and O–H groups in total. The molecule has 0 fully saturated rings. The van der Waals surface area contributed by atoms with Crippen LogP contribution >= 0.6 is 0 Å². The molecule has 304 valence electrons. The van der Waals surface area contributed by atoms with E-state index in [0.29, 0.717) is 12.8 Å². The summed E-state index contributed by atoms with van der Waals surface area (Å²) in [5, 5.41) is 72.4. The summed E-state index contributed by atoms with van der Waals surface area (Å²) < 4.78 is 0. The lowest BCUT2D eigenvalue weighted by atomic mass is 10.1. The van der Waals surface area contributed by atoms with Gasteiger partial charge >= 0.3 is 11.9 Å². The van der Waals surface area contributed by atoms with Crippen LogP contribution in [0, 0.1) is 0 Å². The second-order valence-corrected chi connectivity index (χ2v) is 12.5. The minimum Gasteiger partial charge on any atom is -0.481 e. The zero-order valence-electron chi connectivity index (χ0n) is 30.0. The number of nitrogens with one attached hydrogen (secondary N) is 6. The van der Waals surface area contributed by atoms with Gasteiger partial charge in [-0.3, -0.25) is 33.6 Å². The van der Waals surface area contributed by atoms with Crippen molar-refractivity contribution in [1.82, 2.24) is 31.9 Å². The standard InChI is InChI=1S/C33H54N8O13/c1-18(45)27(41-30(50)23(10-11-26(46)47)38-28(48)21(35)16-43)32(52)40-25(17-44)31(51)39-22(9-5-6-12-34)29(49)37-20(15-42)14-36-24(33(53)54)13-19-7-3-2-4-8-19/h2-4,7-8,18,20-25,27,36,42-45H,5-6,9-17,34-35H2,1H3,(H,37,49)(H,38,48)(H,39,51)(H,40,52)(H,41,50)(H,46,47)(H,53,54). The van der Waals surface area contributed by atoms with Crippen LogP contribution in [0.5, 0.6) is 0 Å². The number of unbranched alkanes of at least 4 members (excludes halogenated alkanes) is 1. The summed E-state index contributed by atoms with van der Waals surface area (Å²) in [6.07, 6.45) is -1.72. The van der Waals surface area contributed by atoms with Crippen LogP contribution in [-0.4, -0.2) is 153 Å². The van der Waals surface area contributed by atoms with Crippen molar-refractivity contribution in [3.63, 3.8) is 0 Å². The van der Waals surface area contributed by atoms with E-state index in [4.69, 9.17) is 21.7 Å². The Morgan fingerprint density at radius 3 is 1.80 bits per heavy atom. The maximum atomic E-state index is 13.3. The summed E-state index contributed by atoms with van der Waals surface area (Å²) >= 11 is 0. The Morgan fingerprint density at radius 2 is 1.26 bits per heavy atom. The third kappa shape index (κ3) is 17.4. The third-order valence-electron chi connectivity index (χ3n) is 8.03. The summed E-state index contributed by atoms with van der Waals surface area (Å²) in [7, 11) is 0. The van der Waals surface area contributed by atoms with Crippen LogP contribution in [0.1, 0.15) is 44.6 Å². The van der Waals surface area contributed by atoms with Crippen molar-refractivity contribution in [3.05, 3.63) is 35.9 Å². The molecule has 0 aliphatic rings. The van der Waals surface area contributed by atoms with Gasteiger partial charge in [0.15, 0.2) is 0 Å².